The van der Waals surface area contributed by atoms with E-state index in [1.165, 1.54) is 31.2 Å². The molecule has 2 fully saturated rings. The number of hydrogen-bond donors (Lipinski definition) is 1. The first-order chi connectivity index (χ1) is 15.2. The lowest BCUT2D eigenvalue weighted by Crippen LogP contribution is -2.20. The van der Waals surface area contributed by atoms with E-state index in [1.54, 1.807) is 0 Å². The van der Waals surface area contributed by atoms with Crippen LogP contribution in [0.4, 0.5) is 11.6 Å². The van der Waals surface area contributed by atoms with Crippen LogP contribution in [0.2, 0.25) is 0 Å². The van der Waals surface area contributed by atoms with Crippen LogP contribution < -0.4 is 10.2 Å². The highest BCUT2D eigenvalue weighted by atomic mass is 16.1. The van der Waals surface area contributed by atoms with Crippen molar-refractivity contribution in [3.8, 4) is 11.1 Å². The second-order valence-corrected chi connectivity index (χ2v) is 8.68. The molecule has 0 radical (unpaired) electrons. The zero-order valence-corrected chi connectivity index (χ0v) is 18.1. The van der Waals surface area contributed by atoms with Gasteiger partial charge in [-0.25, -0.2) is 9.97 Å². The summed E-state index contributed by atoms with van der Waals surface area (Å²) in [6.07, 6.45) is 11.7. The van der Waals surface area contributed by atoms with E-state index in [-0.39, 0.29) is 5.91 Å². The number of hydrogen-bond acceptors (Lipinski definition) is 4. The fourth-order valence-corrected chi connectivity index (χ4v) is 4.16. The Hall–Kier alpha value is -3.15. The molecule has 6 heteroatoms. The van der Waals surface area contributed by atoms with Crippen molar-refractivity contribution in [3.63, 3.8) is 0 Å². The van der Waals surface area contributed by atoms with Crippen LogP contribution >= 0.6 is 0 Å². The van der Waals surface area contributed by atoms with E-state index in [0.717, 1.165) is 48.8 Å². The zero-order chi connectivity index (χ0) is 21.2. The molecule has 0 bridgehead atoms. The third-order valence-corrected chi connectivity index (χ3v) is 6.26. The molecule has 1 aliphatic heterocycles. The summed E-state index contributed by atoms with van der Waals surface area (Å²) in [5.41, 5.74) is 4.69. The molecule has 1 amide bonds. The maximum atomic E-state index is 13.1. The van der Waals surface area contributed by atoms with Gasteiger partial charge >= 0.3 is 0 Å². The molecule has 2 aliphatic rings. The standard InChI is InChI=1S/C25H29N5O/c1-2-18-7-9-22(10-8-18)28-24(31)23-13-20(17-30(23)16-19-5-6-19)21-14-26-25(27-15-21)29-11-3-4-12-29/h7-10,13-15,17,19H,2-6,11-12,16H2,1H3,(H,28,31). The Morgan fingerprint density at radius 2 is 1.77 bits per heavy atom. The number of aryl methyl sites for hydroxylation is 1. The first-order valence-corrected chi connectivity index (χ1v) is 11.4. The second-order valence-electron chi connectivity index (χ2n) is 8.68. The number of carbonyl (C=O) groups is 1. The van der Waals surface area contributed by atoms with Crippen LogP contribution in [0.15, 0.2) is 48.9 Å². The number of rotatable bonds is 7. The predicted octanol–water partition coefficient (Wildman–Crippen LogP) is 4.77. The molecule has 0 spiro atoms. The normalized spacial score (nSPS) is 16.0. The van der Waals surface area contributed by atoms with Crippen molar-refractivity contribution in [3.05, 3.63) is 60.2 Å². The molecule has 160 valence electrons. The molecule has 1 saturated heterocycles. The summed E-state index contributed by atoms with van der Waals surface area (Å²) in [7, 11) is 0. The van der Waals surface area contributed by atoms with Crippen molar-refractivity contribution >= 4 is 17.5 Å². The van der Waals surface area contributed by atoms with E-state index in [2.05, 4.69) is 50.0 Å². The molecule has 5 rings (SSSR count). The van der Waals surface area contributed by atoms with Gasteiger partial charge in [-0.05, 0) is 61.8 Å². The topological polar surface area (TPSA) is 63.1 Å². The van der Waals surface area contributed by atoms with Crippen molar-refractivity contribution in [2.75, 3.05) is 23.3 Å². The SMILES string of the molecule is CCc1ccc(NC(=O)c2cc(-c3cnc(N4CCCC4)nc3)cn2CC2CC2)cc1. The molecular weight excluding hydrogens is 386 g/mol. The minimum absolute atomic E-state index is 0.0780. The molecule has 3 aromatic rings. The highest BCUT2D eigenvalue weighted by molar-refractivity contribution is 6.04. The average molecular weight is 416 g/mol. The number of anilines is 2. The van der Waals surface area contributed by atoms with Gasteiger partial charge in [0.1, 0.15) is 5.69 Å². The van der Waals surface area contributed by atoms with Crippen LogP contribution in [0.3, 0.4) is 0 Å². The number of nitrogens with one attached hydrogen (secondary N) is 1. The van der Waals surface area contributed by atoms with E-state index >= 15 is 0 Å². The molecule has 1 saturated carbocycles. The summed E-state index contributed by atoms with van der Waals surface area (Å²) in [5.74, 6) is 1.39. The third kappa shape index (κ3) is 4.48. The van der Waals surface area contributed by atoms with Gasteiger partial charge in [0.2, 0.25) is 5.95 Å². The van der Waals surface area contributed by atoms with Crippen molar-refractivity contribution in [1.29, 1.82) is 0 Å². The second kappa shape index (κ2) is 8.53. The van der Waals surface area contributed by atoms with Crippen molar-refractivity contribution in [2.24, 2.45) is 5.92 Å². The lowest BCUT2D eigenvalue weighted by Gasteiger charge is -2.14. The van der Waals surface area contributed by atoms with Crippen molar-refractivity contribution in [2.45, 2.75) is 45.6 Å². The third-order valence-electron chi connectivity index (χ3n) is 6.26. The first kappa shape index (κ1) is 19.8. The van der Waals surface area contributed by atoms with Gasteiger partial charge in [0.15, 0.2) is 0 Å². The van der Waals surface area contributed by atoms with Crippen LogP contribution in [0.25, 0.3) is 11.1 Å². The molecule has 1 aliphatic carbocycles. The summed E-state index contributed by atoms with van der Waals surface area (Å²) in [5, 5.41) is 3.06. The highest BCUT2D eigenvalue weighted by Gasteiger charge is 2.25. The van der Waals surface area contributed by atoms with Crippen LogP contribution in [0.1, 0.15) is 48.7 Å². The van der Waals surface area contributed by atoms with Crippen LogP contribution in [-0.2, 0) is 13.0 Å². The first-order valence-electron chi connectivity index (χ1n) is 11.4. The largest absolute Gasteiger partial charge is 0.343 e. The molecule has 31 heavy (non-hydrogen) atoms. The van der Waals surface area contributed by atoms with E-state index in [1.807, 2.05) is 30.6 Å². The van der Waals surface area contributed by atoms with Gasteiger partial charge in [0.05, 0.1) is 0 Å². The minimum atomic E-state index is -0.0780. The van der Waals surface area contributed by atoms with Crippen LogP contribution in [0.5, 0.6) is 0 Å². The molecular formula is C25H29N5O. The van der Waals surface area contributed by atoms with E-state index in [0.29, 0.717) is 11.6 Å². The molecule has 0 unspecified atom stereocenters. The molecule has 2 aromatic heterocycles. The fourth-order valence-electron chi connectivity index (χ4n) is 4.16. The van der Waals surface area contributed by atoms with Gasteiger partial charge in [-0.15, -0.1) is 0 Å². The Bertz CT molecular complexity index is 1040. The van der Waals surface area contributed by atoms with Crippen molar-refractivity contribution in [1.82, 2.24) is 14.5 Å². The summed E-state index contributed by atoms with van der Waals surface area (Å²) < 4.78 is 2.09. The lowest BCUT2D eigenvalue weighted by atomic mass is 10.1. The Labute approximate surface area is 183 Å². The summed E-state index contributed by atoms with van der Waals surface area (Å²) in [6, 6.07) is 10.0. The Kier molecular flexibility index (Phi) is 5.45. The van der Waals surface area contributed by atoms with E-state index in [9.17, 15) is 4.79 Å². The molecule has 6 nitrogen and oxygen atoms in total. The van der Waals surface area contributed by atoms with Gasteiger partial charge in [0.25, 0.3) is 5.91 Å². The maximum Gasteiger partial charge on any atom is 0.272 e. The van der Waals surface area contributed by atoms with Gasteiger partial charge in [-0.2, -0.15) is 0 Å². The van der Waals surface area contributed by atoms with Gasteiger partial charge < -0.3 is 14.8 Å². The van der Waals surface area contributed by atoms with E-state index in [4.69, 9.17) is 0 Å². The van der Waals surface area contributed by atoms with Crippen LogP contribution in [0, 0.1) is 5.92 Å². The number of aromatic nitrogens is 3. The predicted molar refractivity (Wildman–Crippen MR) is 123 cm³/mol. The number of nitrogens with zero attached hydrogens (tertiary/aromatic N) is 4. The Balaban J connectivity index is 1.38. The quantitative estimate of drug-likeness (QED) is 0.604. The zero-order valence-electron chi connectivity index (χ0n) is 18.1. The molecule has 1 aromatic carbocycles. The van der Waals surface area contributed by atoms with Crippen molar-refractivity contribution < 1.29 is 4.79 Å². The smallest absolute Gasteiger partial charge is 0.272 e. The Morgan fingerprint density at radius 1 is 1.06 bits per heavy atom. The van der Waals surface area contributed by atoms with Gasteiger partial charge in [0, 0.05) is 55.0 Å². The monoisotopic (exact) mass is 415 g/mol. The lowest BCUT2D eigenvalue weighted by molar-refractivity contribution is 0.101. The number of amides is 1. The summed E-state index contributed by atoms with van der Waals surface area (Å²) in [6.45, 7) is 5.06. The number of benzene rings is 1. The summed E-state index contributed by atoms with van der Waals surface area (Å²) in [4.78, 5) is 24.5. The average Bonchev–Trinajstić information content (AvgIpc) is 3.27. The summed E-state index contributed by atoms with van der Waals surface area (Å²) >= 11 is 0. The molecule has 1 N–H and O–H groups in total. The Morgan fingerprint density at radius 3 is 2.42 bits per heavy atom. The van der Waals surface area contributed by atoms with Crippen LogP contribution in [-0.4, -0.2) is 33.5 Å². The number of carbonyl (C=O) groups excluding carboxylic acids is 1. The molecule has 3 heterocycles. The molecule has 0 atom stereocenters. The van der Waals surface area contributed by atoms with E-state index < -0.39 is 0 Å². The van der Waals surface area contributed by atoms with Gasteiger partial charge in [-0.1, -0.05) is 19.1 Å². The maximum absolute atomic E-state index is 13.1. The minimum Gasteiger partial charge on any atom is -0.343 e. The van der Waals surface area contributed by atoms with Gasteiger partial charge in [-0.3, -0.25) is 4.79 Å². The fraction of sp³-hybridized carbons (Fsp3) is 0.400. The highest BCUT2D eigenvalue weighted by Crippen LogP contribution is 2.33.